The zero-order valence-electron chi connectivity index (χ0n) is 8.76. The normalized spacial score (nSPS) is 11.8. The number of benzene rings is 1. The second-order valence-electron chi connectivity index (χ2n) is 3.47. The molecule has 18 heavy (non-hydrogen) atoms. The zero-order valence-corrected chi connectivity index (χ0v) is 9.52. The fourth-order valence-corrected chi connectivity index (χ4v) is 1.50. The van der Waals surface area contributed by atoms with Gasteiger partial charge in [0.2, 0.25) is 5.89 Å². The molecule has 0 bridgehead atoms. The van der Waals surface area contributed by atoms with Crippen molar-refractivity contribution in [2.45, 2.75) is 12.1 Å². The average molecular weight is 280 g/mol. The lowest BCUT2D eigenvalue weighted by molar-refractivity contribution is -0.139. The number of hydrogen-bond donors (Lipinski definition) is 0. The summed E-state index contributed by atoms with van der Waals surface area (Å²) in [6.07, 6.45) is -3.46. The van der Waals surface area contributed by atoms with Crippen molar-refractivity contribution in [2.75, 3.05) is 0 Å². The third-order valence-electron chi connectivity index (χ3n) is 2.21. The number of nitrogens with zero attached hydrogens (tertiary/aromatic N) is 1. The van der Waals surface area contributed by atoms with Gasteiger partial charge in [-0.2, -0.15) is 13.2 Å². The molecule has 2 aromatic rings. The first-order valence-electron chi connectivity index (χ1n) is 4.79. The Labute approximate surface area is 104 Å². The van der Waals surface area contributed by atoms with E-state index in [2.05, 4.69) is 4.98 Å². The molecule has 0 N–H and O–H groups in total. The quantitative estimate of drug-likeness (QED) is 0.607. The predicted molar refractivity (Wildman–Crippen MR) is 56.5 cm³/mol. The van der Waals surface area contributed by atoms with Crippen molar-refractivity contribution >= 4 is 11.6 Å². The largest absolute Gasteiger partial charge is 0.444 e. The van der Waals surface area contributed by atoms with E-state index in [1.165, 1.54) is 6.26 Å². The molecule has 0 atom stereocenters. The van der Waals surface area contributed by atoms with E-state index in [1.807, 2.05) is 0 Å². The molecule has 0 unspecified atom stereocenters. The van der Waals surface area contributed by atoms with Crippen LogP contribution in [0.15, 0.2) is 28.9 Å². The molecule has 0 spiro atoms. The minimum atomic E-state index is -4.72. The monoisotopic (exact) mass is 279 g/mol. The van der Waals surface area contributed by atoms with Crippen molar-refractivity contribution in [1.29, 1.82) is 0 Å². The van der Waals surface area contributed by atoms with Gasteiger partial charge in [0, 0.05) is 5.56 Å². The molecular formula is C11H6ClF4NO. The summed E-state index contributed by atoms with van der Waals surface area (Å²) in [5.41, 5.74) is -0.779. The van der Waals surface area contributed by atoms with E-state index in [1.54, 1.807) is 0 Å². The Hall–Kier alpha value is -1.56. The van der Waals surface area contributed by atoms with Crippen molar-refractivity contribution in [1.82, 2.24) is 4.98 Å². The smallest absolute Gasteiger partial charge is 0.419 e. The molecule has 1 aromatic heterocycles. The van der Waals surface area contributed by atoms with Crippen molar-refractivity contribution in [3.63, 3.8) is 0 Å². The van der Waals surface area contributed by atoms with Crippen LogP contribution in [-0.4, -0.2) is 4.98 Å². The summed E-state index contributed by atoms with van der Waals surface area (Å²) in [6.45, 7) is 0. The van der Waals surface area contributed by atoms with Gasteiger partial charge in [-0.15, -0.1) is 11.6 Å². The van der Waals surface area contributed by atoms with Gasteiger partial charge in [-0.25, -0.2) is 9.37 Å². The lowest BCUT2D eigenvalue weighted by atomic mass is 10.1. The second kappa shape index (κ2) is 4.61. The highest BCUT2D eigenvalue weighted by molar-refractivity contribution is 6.16. The molecule has 2 rings (SSSR count). The lowest BCUT2D eigenvalue weighted by Gasteiger charge is -2.07. The maximum absolute atomic E-state index is 13.3. The maximum atomic E-state index is 13.3. The molecule has 0 fully saturated rings. The molecule has 1 heterocycles. The summed E-state index contributed by atoms with van der Waals surface area (Å²) in [4.78, 5) is 3.89. The Morgan fingerprint density at radius 3 is 2.50 bits per heavy atom. The molecular weight excluding hydrogens is 274 g/mol. The molecule has 0 aliphatic carbocycles. The van der Waals surface area contributed by atoms with Crippen molar-refractivity contribution in [3.8, 4) is 11.5 Å². The number of alkyl halides is 4. The number of halogens is 5. The van der Waals surface area contributed by atoms with Crippen LogP contribution >= 0.6 is 11.6 Å². The lowest BCUT2D eigenvalue weighted by Crippen LogP contribution is -2.07. The third kappa shape index (κ3) is 2.48. The average Bonchev–Trinajstić information content (AvgIpc) is 2.75. The van der Waals surface area contributed by atoms with Crippen LogP contribution in [0.1, 0.15) is 11.3 Å². The summed E-state index contributed by atoms with van der Waals surface area (Å²) >= 11 is 5.50. The van der Waals surface area contributed by atoms with Crippen LogP contribution < -0.4 is 0 Å². The molecule has 0 aliphatic rings. The van der Waals surface area contributed by atoms with Crippen LogP contribution in [0.5, 0.6) is 0 Å². The molecule has 0 saturated heterocycles. The Bertz CT molecular complexity index is 564. The topological polar surface area (TPSA) is 26.0 Å². The van der Waals surface area contributed by atoms with Crippen molar-refractivity contribution in [2.24, 2.45) is 0 Å². The number of aromatic nitrogens is 1. The van der Waals surface area contributed by atoms with Crippen LogP contribution in [0.4, 0.5) is 17.6 Å². The van der Waals surface area contributed by atoms with E-state index in [0.29, 0.717) is 11.8 Å². The number of rotatable bonds is 2. The Kier molecular flexibility index (Phi) is 3.30. The molecule has 0 amide bonds. The maximum Gasteiger partial charge on any atom is 0.419 e. The van der Waals surface area contributed by atoms with Gasteiger partial charge in [0.05, 0.1) is 17.1 Å². The van der Waals surface area contributed by atoms with Gasteiger partial charge in [0.1, 0.15) is 12.1 Å². The molecule has 2 nitrogen and oxygen atoms in total. The highest BCUT2D eigenvalue weighted by atomic mass is 35.5. The Morgan fingerprint density at radius 1 is 1.28 bits per heavy atom. The summed E-state index contributed by atoms with van der Waals surface area (Å²) in [6, 6.07) is 2.47. The van der Waals surface area contributed by atoms with Gasteiger partial charge >= 0.3 is 6.18 Å². The van der Waals surface area contributed by atoms with Gasteiger partial charge < -0.3 is 4.42 Å². The fraction of sp³-hybridized carbons (Fsp3) is 0.182. The van der Waals surface area contributed by atoms with E-state index in [9.17, 15) is 17.6 Å². The molecule has 0 radical (unpaired) electrons. The van der Waals surface area contributed by atoms with Crippen LogP contribution in [0.2, 0.25) is 0 Å². The van der Waals surface area contributed by atoms with Crippen molar-refractivity contribution in [3.05, 3.63) is 41.5 Å². The zero-order chi connectivity index (χ0) is 13.3. The van der Waals surface area contributed by atoms with Crippen LogP contribution in [0.3, 0.4) is 0 Å². The van der Waals surface area contributed by atoms with Gasteiger partial charge in [0.15, 0.2) is 0 Å². The molecule has 1 aromatic carbocycles. The van der Waals surface area contributed by atoms with E-state index >= 15 is 0 Å². The van der Waals surface area contributed by atoms with Gasteiger partial charge in [-0.1, -0.05) is 0 Å². The van der Waals surface area contributed by atoms with Gasteiger partial charge in [-0.3, -0.25) is 0 Å². The first kappa shape index (κ1) is 12.9. The fourth-order valence-electron chi connectivity index (χ4n) is 1.38. The summed E-state index contributed by atoms with van der Waals surface area (Å²) in [5, 5.41) is 0. The highest BCUT2D eigenvalue weighted by Crippen LogP contribution is 2.33. The minimum Gasteiger partial charge on any atom is -0.444 e. The first-order valence-corrected chi connectivity index (χ1v) is 5.33. The highest BCUT2D eigenvalue weighted by Gasteiger charge is 2.34. The van der Waals surface area contributed by atoms with Crippen LogP contribution in [-0.2, 0) is 12.1 Å². The summed E-state index contributed by atoms with van der Waals surface area (Å²) < 4.78 is 55.3. The SMILES string of the molecule is Fc1cc(-c2nc(CCl)co2)ccc1C(F)(F)F. The first-order chi connectivity index (χ1) is 8.41. The van der Waals surface area contributed by atoms with Crippen LogP contribution in [0, 0.1) is 5.82 Å². The minimum absolute atomic E-state index is 0.0262. The van der Waals surface area contributed by atoms with Crippen LogP contribution in [0.25, 0.3) is 11.5 Å². The summed E-state index contributed by atoms with van der Waals surface area (Å²) in [7, 11) is 0. The Morgan fingerprint density at radius 2 is 2.00 bits per heavy atom. The third-order valence-corrected chi connectivity index (χ3v) is 2.48. The van der Waals surface area contributed by atoms with Gasteiger partial charge in [0.25, 0.3) is 0 Å². The molecule has 0 saturated carbocycles. The van der Waals surface area contributed by atoms with Crippen molar-refractivity contribution < 1.29 is 22.0 Å². The van der Waals surface area contributed by atoms with E-state index in [-0.39, 0.29) is 17.3 Å². The molecule has 0 aliphatic heterocycles. The second-order valence-corrected chi connectivity index (χ2v) is 3.74. The predicted octanol–water partition coefficient (Wildman–Crippen LogP) is 4.24. The summed E-state index contributed by atoms with van der Waals surface area (Å²) in [5.74, 6) is -1.24. The molecule has 7 heteroatoms. The van der Waals surface area contributed by atoms with E-state index in [4.69, 9.17) is 16.0 Å². The number of hydrogen-bond acceptors (Lipinski definition) is 2. The van der Waals surface area contributed by atoms with E-state index < -0.39 is 17.6 Å². The molecule has 96 valence electrons. The van der Waals surface area contributed by atoms with Gasteiger partial charge in [-0.05, 0) is 18.2 Å². The standard InChI is InChI=1S/C11H6ClF4NO/c12-4-7-5-18-10(17-7)6-1-2-8(9(13)3-6)11(14,15)16/h1-3,5H,4H2. The Balaban J connectivity index is 2.40. The van der Waals surface area contributed by atoms with E-state index in [0.717, 1.165) is 12.1 Å². The number of oxazole rings is 1.